The average molecular weight is 537 g/mol. The molecule has 1 fully saturated rings. The molecule has 4 aliphatic rings. The zero-order valence-electron chi connectivity index (χ0n) is 21.9. The van der Waals surface area contributed by atoms with Crippen LogP contribution in [-0.4, -0.2) is 49.9 Å². The van der Waals surface area contributed by atoms with Crippen LogP contribution in [0.15, 0.2) is 53.5 Å². The van der Waals surface area contributed by atoms with E-state index in [0.717, 1.165) is 44.3 Å². The Balaban J connectivity index is 1.25. The third-order valence-electron chi connectivity index (χ3n) is 8.31. The van der Waals surface area contributed by atoms with Gasteiger partial charge in [-0.25, -0.2) is 19.3 Å². The van der Waals surface area contributed by atoms with Crippen molar-refractivity contribution in [3.63, 3.8) is 0 Å². The van der Waals surface area contributed by atoms with Crippen LogP contribution in [-0.2, 0) is 23.3 Å². The van der Waals surface area contributed by atoms with E-state index < -0.39 is 0 Å². The molecule has 2 N–H and O–H groups in total. The number of carbonyl (C=O) groups excluding carboxylic acids is 1. The van der Waals surface area contributed by atoms with Gasteiger partial charge in [0.05, 0.1) is 6.54 Å². The van der Waals surface area contributed by atoms with Gasteiger partial charge in [0, 0.05) is 30.5 Å². The van der Waals surface area contributed by atoms with Crippen molar-refractivity contribution >= 4 is 34.4 Å². The smallest absolute Gasteiger partial charge is 0.278 e. The minimum absolute atomic E-state index is 0.0108. The van der Waals surface area contributed by atoms with Gasteiger partial charge in [-0.2, -0.15) is 4.98 Å². The molecule has 3 aromatic heterocycles. The van der Waals surface area contributed by atoms with Gasteiger partial charge in [-0.15, -0.1) is 0 Å². The van der Waals surface area contributed by atoms with Crippen molar-refractivity contribution in [1.82, 2.24) is 29.6 Å². The van der Waals surface area contributed by atoms with Gasteiger partial charge in [0.1, 0.15) is 5.39 Å². The van der Waals surface area contributed by atoms with E-state index in [1.165, 1.54) is 11.1 Å². The number of anilines is 3. The summed E-state index contributed by atoms with van der Waals surface area (Å²) in [7, 11) is 0. The number of hydrogen-bond acceptors (Lipinski definition) is 8. The lowest BCUT2D eigenvalue weighted by molar-refractivity contribution is -0.121. The van der Waals surface area contributed by atoms with Gasteiger partial charge in [-0.1, -0.05) is 18.2 Å². The number of fused-ring (bicyclic) bond motifs is 7. The fraction of sp³-hybridized carbons (Fsp3) is 0.345. The van der Waals surface area contributed by atoms with E-state index in [4.69, 9.17) is 14.7 Å². The SMILES string of the molecule is O=C1COc2ccc3nc2N1CCC/C=C\Cn1c(=O)c2cnc(Nc4ccc5c(c4)C4(CC4)NCC5)nc2n1-3. The summed E-state index contributed by atoms with van der Waals surface area (Å²) in [4.78, 5) is 42.0. The van der Waals surface area contributed by atoms with Crippen molar-refractivity contribution in [2.45, 2.75) is 44.2 Å². The average Bonchev–Trinajstić information content (AvgIpc) is 3.68. The molecule has 11 nitrogen and oxygen atoms in total. The molecule has 1 spiro atoms. The third kappa shape index (κ3) is 3.64. The first-order valence-electron chi connectivity index (χ1n) is 13.8. The van der Waals surface area contributed by atoms with E-state index in [9.17, 15) is 9.59 Å². The predicted molar refractivity (Wildman–Crippen MR) is 149 cm³/mol. The molecule has 0 unspecified atom stereocenters. The molecule has 1 aliphatic carbocycles. The number of amides is 1. The monoisotopic (exact) mass is 536 g/mol. The first-order chi connectivity index (χ1) is 19.6. The molecule has 1 saturated carbocycles. The Morgan fingerprint density at radius 3 is 2.90 bits per heavy atom. The van der Waals surface area contributed by atoms with Gasteiger partial charge in [0.15, 0.2) is 29.6 Å². The number of carbonyl (C=O) groups is 1. The van der Waals surface area contributed by atoms with Crippen LogP contribution in [0.4, 0.5) is 17.5 Å². The van der Waals surface area contributed by atoms with Crippen molar-refractivity contribution in [1.29, 1.82) is 0 Å². The summed E-state index contributed by atoms with van der Waals surface area (Å²) in [6.45, 7) is 1.90. The second kappa shape index (κ2) is 8.75. The fourth-order valence-electron chi connectivity index (χ4n) is 6.11. The summed E-state index contributed by atoms with van der Waals surface area (Å²) in [6.07, 6.45) is 10.5. The molecule has 0 saturated heterocycles. The van der Waals surface area contributed by atoms with Crippen molar-refractivity contribution < 1.29 is 9.53 Å². The molecule has 0 radical (unpaired) electrons. The lowest BCUT2D eigenvalue weighted by Crippen LogP contribution is -2.40. The summed E-state index contributed by atoms with van der Waals surface area (Å²) < 4.78 is 8.98. The van der Waals surface area contributed by atoms with E-state index in [1.54, 1.807) is 32.6 Å². The fourth-order valence-corrected chi connectivity index (χ4v) is 6.11. The molecule has 2 bridgehead atoms. The molecule has 3 aliphatic heterocycles. The molecule has 202 valence electrons. The summed E-state index contributed by atoms with van der Waals surface area (Å²) >= 11 is 0. The van der Waals surface area contributed by atoms with Crippen LogP contribution < -0.4 is 25.8 Å². The third-order valence-corrected chi connectivity index (χ3v) is 8.31. The molecule has 40 heavy (non-hydrogen) atoms. The van der Waals surface area contributed by atoms with Crippen LogP contribution in [0.25, 0.3) is 16.9 Å². The lowest BCUT2D eigenvalue weighted by atomic mass is 9.92. The standard InChI is InChI=1S/C29H28N8O3/c38-24-17-40-22-7-8-23-33-26(22)35(24)13-3-1-2-4-14-36-27(39)20-16-30-28(34-25(20)37(23)36)32-19-6-5-18-9-12-31-29(10-11-29)21(18)15-19/h2,4-8,15-16,31H,1,3,9-14,17H2,(H,30,32,34)/b4-2-. The Morgan fingerprint density at radius 2 is 2.00 bits per heavy atom. The number of allylic oxidation sites excluding steroid dienone is 2. The topological polar surface area (TPSA) is 119 Å². The van der Waals surface area contributed by atoms with Crippen molar-refractivity contribution in [3.05, 3.63) is 70.2 Å². The highest BCUT2D eigenvalue weighted by molar-refractivity contribution is 5.96. The second-order valence-corrected chi connectivity index (χ2v) is 10.8. The van der Waals surface area contributed by atoms with E-state index in [2.05, 4.69) is 33.8 Å². The number of hydrogen-bond donors (Lipinski definition) is 2. The van der Waals surface area contributed by atoms with E-state index in [0.29, 0.717) is 47.5 Å². The van der Waals surface area contributed by atoms with Crippen molar-refractivity contribution in [3.8, 4) is 11.6 Å². The minimum atomic E-state index is -0.206. The number of ether oxygens (including phenoxy) is 1. The van der Waals surface area contributed by atoms with E-state index in [-0.39, 0.29) is 23.6 Å². The highest BCUT2D eigenvalue weighted by Gasteiger charge is 2.46. The second-order valence-electron chi connectivity index (χ2n) is 10.8. The van der Waals surface area contributed by atoms with Gasteiger partial charge in [-0.3, -0.25) is 14.5 Å². The Morgan fingerprint density at radius 1 is 1.07 bits per heavy atom. The number of nitrogens with zero attached hydrogens (tertiary/aromatic N) is 6. The summed E-state index contributed by atoms with van der Waals surface area (Å²) in [6, 6.07) is 10.0. The molecule has 8 rings (SSSR count). The quantitative estimate of drug-likeness (QED) is 0.376. The van der Waals surface area contributed by atoms with Crippen LogP contribution in [0.1, 0.15) is 36.8 Å². The number of rotatable bonds is 2. The molecular formula is C29H28N8O3. The summed E-state index contributed by atoms with van der Waals surface area (Å²) in [5, 5.41) is 7.44. The van der Waals surface area contributed by atoms with Gasteiger partial charge < -0.3 is 15.4 Å². The maximum absolute atomic E-state index is 13.5. The largest absolute Gasteiger partial charge is 0.480 e. The minimum Gasteiger partial charge on any atom is -0.480 e. The molecule has 1 amide bonds. The summed E-state index contributed by atoms with van der Waals surface area (Å²) in [5.41, 5.74) is 3.99. The zero-order valence-corrected chi connectivity index (χ0v) is 21.9. The van der Waals surface area contributed by atoms with Gasteiger partial charge in [0.25, 0.3) is 11.5 Å². The summed E-state index contributed by atoms with van der Waals surface area (Å²) in [5.74, 6) is 1.75. The van der Waals surface area contributed by atoms with Crippen LogP contribution in [0, 0.1) is 0 Å². The van der Waals surface area contributed by atoms with E-state index >= 15 is 0 Å². The first kappa shape index (κ1) is 23.4. The molecule has 0 atom stereocenters. The molecular weight excluding hydrogens is 508 g/mol. The highest BCUT2D eigenvalue weighted by Crippen LogP contribution is 2.49. The molecule has 11 heteroatoms. The Labute approximate surface area is 229 Å². The number of pyridine rings is 1. The van der Waals surface area contributed by atoms with Gasteiger partial charge >= 0.3 is 0 Å². The Hall–Kier alpha value is -4.51. The Kier molecular flexibility index (Phi) is 5.12. The van der Waals surface area contributed by atoms with Gasteiger partial charge in [-0.05, 0) is 67.5 Å². The van der Waals surface area contributed by atoms with Crippen LogP contribution in [0.5, 0.6) is 5.75 Å². The number of aromatic nitrogens is 5. The van der Waals surface area contributed by atoms with Crippen LogP contribution >= 0.6 is 0 Å². The normalized spacial score (nSPS) is 19.7. The molecule has 6 heterocycles. The maximum atomic E-state index is 13.5. The number of nitrogens with one attached hydrogen (secondary N) is 2. The van der Waals surface area contributed by atoms with Crippen molar-refractivity contribution in [2.24, 2.45) is 0 Å². The molecule has 4 aromatic rings. The van der Waals surface area contributed by atoms with Crippen LogP contribution in [0.3, 0.4) is 0 Å². The zero-order chi connectivity index (χ0) is 26.8. The first-order valence-corrected chi connectivity index (χ1v) is 13.8. The lowest BCUT2D eigenvalue weighted by Gasteiger charge is -2.28. The maximum Gasteiger partial charge on any atom is 0.278 e. The van der Waals surface area contributed by atoms with Crippen molar-refractivity contribution in [2.75, 3.05) is 29.9 Å². The van der Waals surface area contributed by atoms with Crippen LogP contribution in [0.2, 0.25) is 0 Å². The predicted octanol–water partition coefficient (Wildman–Crippen LogP) is 2.93. The molecule has 1 aromatic carbocycles. The van der Waals surface area contributed by atoms with E-state index in [1.807, 2.05) is 12.2 Å². The highest BCUT2D eigenvalue weighted by atomic mass is 16.5. The number of benzene rings is 1. The van der Waals surface area contributed by atoms with Gasteiger partial charge in [0.2, 0.25) is 5.95 Å². The Bertz CT molecular complexity index is 1780.